The summed E-state index contributed by atoms with van der Waals surface area (Å²) in [6.07, 6.45) is 4.56. The number of nitrogens with zero attached hydrogens (tertiary/aromatic N) is 4. The minimum atomic E-state index is -0.296. The van der Waals surface area contributed by atoms with Crippen LogP contribution in [-0.4, -0.2) is 51.9 Å². The molecule has 0 bridgehead atoms. The molecule has 8 heteroatoms. The van der Waals surface area contributed by atoms with Crippen LogP contribution in [0.2, 0.25) is 0 Å². The van der Waals surface area contributed by atoms with Crippen LogP contribution in [-0.2, 0) is 6.54 Å². The molecule has 1 amide bonds. The molecular formula is C26H24FN5O2. The third-order valence-corrected chi connectivity index (χ3v) is 5.92. The van der Waals surface area contributed by atoms with Gasteiger partial charge in [0.05, 0.1) is 11.9 Å². The molecule has 4 aromatic rings. The average Bonchev–Trinajstić information content (AvgIpc) is 2.89. The summed E-state index contributed by atoms with van der Waals surface area (Å²) in [5.74, 6) is 0.318. The Hall–Kier alpha value is -4.04. The van der Waals surface area contributed by atoms with Crippen molar-refractivity contribution in [3.05, 3.63) is 96.2 Å². The molecule has 0 unspecified atom stereocenters. The SMILES string of the molecule is O=C(c1ccc(NOc2cccc3cccnc23)cc1)N1CCN(Cc2ccncc2F)CC1. The number of carbonyl (C=O) groups excluding carboxylic acids is 1. The second-order valence-corrected chi connectivity index (χ2v) is 8.15. The van der Waals surface area contributed by atoms with Gasteiger partial charge in [0, 0.05) is 61.6 Å². The molecule has 2 aromatic heterocycles. The van der Waals surface area contributed by atoms with Crippen LogP contribution < -0.4 is 10.3 Å². The van der Waals surface area contributed by atoms with Gasteiger partial charge in [0.2, 0.25) is 0 Å². The first-order chi connectivity index (χ1) is 16.7. The Balaban J connectivity index is 1.15. The fourth-order valence-corrected chi connectivity index (χ4v) is 4.02. The van der Waals surface area contributed by atoms with E-state index in [0.717, 1.165) is 16.6 Å². The lowest BCUT2D eigenvalue weighted by Crippen LogP contribution is -2.48. The minimum Gasteiger partial charge on any atom is -0.380 e. The van der Waals surface area contributed by atoms with Gasteiger partial charge in [-0.05, 0) is 42.5 Å². The van der Waals surface area contributed by atoms with Gasteiger partial charge in [-0.2, -0.15) is 0 Å². The molecule has 0 spiro atoms. The molecular weight excluding hydrogens is 433 g/mol. The molecule has 1 fully saturated rings. The lowest BCUT2D eigenvalue weighted by molar-refractivity contribution is 0.0627. The quantitative estimate of drug-likeness (QED) is 0.439. The number of pyridine rings is 2. The molecule has 7 nitrogen and oxygen atoms in total. The van der Waals surface area contributed by atoms with E-state index in [1.807, 2.05) is 47.4 Å². The Morgan fingerprint density at radius 1 is 0.971 bits per heavy atom. The molecule has 0 saturated carbocycles. The van der Waals surface area contributed by atoms with E-state index in [4.69, 9.17) is 4.84 Å². The summed E-state index contributed by atoms with van der Waals surface area (Å²) in [7, 11) is 0. The van der Waals surface area contributed by atoms with Gasteiger partial charge in [0.15, 0.2) is 5.75 Å². The Morgan fingerprint density at radius 2 is 1.76 bits per heavy atom. The number of fused-ring (bicyclic) bond motifs is 1. The van der Waals surface area contributed by atoms with Crippen molar-refractivity contribution in [3.8, 4) is 5.75 Å². The lowest BCUT2D eigenvalue weighted by Gasteiger charge is -2.34. The summed E-state index contributed by atoms with van der Waals surface area (Å²) < 4.78 is 13.9. The molecule has 0 radical (unpaired) electrons. The third-order valence-electron chi connectivity index (χ3n) is 5.92. The summed E-state index contributed by atoms with van der Waals surface area (Å²) >= 11 is 0. The molecule has 3 heterocycles. The van der Waals surface area contributed by atoms with Gasteiger partial charge in [0.1, 0.15) is 11.3 Å². The predicted octanol–water partition coefficient (Wildman–Crippen LogP) is 4.13. The van der Waals surface area contributed by atoms with E-state index in [2.05, 4.69) is 20.3 Å². The number of carbonyl (C=O) groups is 1. The van der Waals surface area contributed by atoms with Gasteiger partial charge in [-0.15, -0.1) is 0 Å². The largest absolute Gasteiger partial charge is 0.380 e. The van der Waals surface area contributed by atoms with E-state index in [1.165, 1.54) is 6.20 Å². The Bertz CT molecular complexity index is 1280. The molecule has 1 saturated heterocycles. The predicted molar refractivity (Wildman–Crippen MR) is 128 cm³/mol. The monoisotopic (exact) mass is 457 g/mol. The van der Waals surface area contributed by atoms with Crippen molar-refractivity contribution in [2.24, 2.45) is 0 Å². The first-order valence-electron chi connectivity index (χ1n) is 11.1. The van der Waals surface area contributed by atoms with Crippen molar-refractivity contribution in [1.82, 2.24) is 19.8 Å². The Morgan fingerprint density at radius 3 is 2.56 bits per heavy atom. The number of nitrogens with one attached hydrogen (secondary N) is 1. The standard InChI is InChI=1S/C26H24FN5O2/c27-23-17-28-12-10-21(23)18-31-13-15-32(16-14-31)26(33)20-6-8-22(9-7-20)30-34-24-5-1-3-19-4-2-11-29-25(19)24/h1-12,17,30H,13-16,18H2. The van der Waals surface area contributed by atoms with E-state index >= 15 is 0 Å². The van der Waals surface area contributed by atoms with E-state index in [0.29, 0.717) is 49.6 Å². The van der Waals surface area contributed by atoms with Crippen molar-refractivity contribution < 1.29 is 14.0 Å². The summed E-state index contributed by atoms with van der Waals surface area (Å²) in [6.45, 7) is 3.11. The number of hydrogen-bond acceptors (Lipinski definition) is 6. The number of hydrogen-bond donors (Lipinski definition) is 1. The number of halogens is 1. The van der Waals surface area contributed by atoms with Crippen molar-refractivity contribution >= 4 is 22.5 Å². The van der Waals surface area contributed by atoms with Gasteiger partial charge >= 0.3 is 0 Å². The van der Waals surface area contributed by atoms with Gasteiger partial charge in [-0.1, -0.05) is 18.2 Å². The molecule has 172 valence electrons. The molecule has 34 heavy (non-hydrogen) atoms. The maximum atomic E-state index is 13.9. The summed E-state index contributed by atoms with van der Waals surface area (Å²) in [6, 6.07) is 18.5. The number of aromatic nitrogens is 2. The average molecular weight is 458 g/mol. The Labute approximate surface area is 196 Å². The zero-order chi connectivity index (χ0) is 23.3. The second-order valence-electron chi connectivity index (χ2n) is 8.15. The summed E-state index contributed by atoms with van der Waals surface area (Å²) in [5, 5.41) is 0.994. The van der Waals surface area contributed by atoms with E-state index in [9.17, 15) is 9.18 Å². The maximum Gasteiger partial charge on any atom is 0.253 e. The van der Waals surface area contributed by atoms with Crippen LogP contribution in [0.3, 0.4) is 0 Å². The van der Waals surface area contributed by atoms with Crippen LogP contribution in [0, 0.1) is 5.82 Å². The molecule has 0 aliphatic carbocycles. The van der Waals surface area contributed by atoms with E-state index in [1.54, 1.807) is 30.6 Å². The van der Waals surface area contributed by atoms with Crippen molar-refractivity contribution in [1.29, 1.82) is 0 Å². The van der Waals surface area contributed by atoms with Crippen molar-refractivity contribution in [3.63, 3.8) is 0 Å². The number of para-hydroxylation sites is 1. The van der Waals surface area contributed by atoms with Crippen molar-refractivity contribution in [2.75, 3.05) is 31.7 Å². The van der Waals surface area contributed by atoms with Crippen LogP contribution in [0.25, 0.3) is 10.9 Å². The van der Waals surface area contributed by atoms with Crippen LogP contribution in [0.1, 0.15) is 15.9 Å². The molecule has 2 aromatic carbocycles. The highest BCUT2D eigenvalue weighted by atomic mass is 19.1. The number of piperazine rings is 1. The highest BCUT2D eigenvalue weighted by molar-refractivity contribution is 5.94. The molecule has 1 aliphatic rings. The van der Waals surface area contributed by atoms with Gasteiger partial charge in [-0.3, -0.25) is 19.7 Å². The van der Waals surface area contributed by atoms with E-state index < -0.39 is 0 Å². The van der Waals surface area contributed by atoms with Crippen LogP contribution in [0.5, 0.6) is 5.75 Å². The summed E-state index contributed by atoms with van der Waals surface area (Å²) in [4.78, 5) is 30.8. The third kappa shape index (κ3) is 4.82. The zero-order valence-electron chi connectivity index (χ0n) is 18.5. The van der Waals surface area contributed by atoms with Gasteiger partial charge < -0.3 is 9.74 Å². The van der Waals surface area contributed by atoms with E-state index in [-0.39, 0.29) is 11.7 Å². The lowest BCUT2D eigenvalue weighted by atomic mass is 10.1. The first kappa shape index (κ1) is 21.8. The molecule has 0 atom stereocenters. The highest BCUT2D eigenvalue weighted by Crippen LogP contribution is 2.23. The number of amides is 1. The van der Waals surface area contributed by atoms with Crippen LogP contribution in [0.4, 0.5) is 10.1 Å². The zero-order valence-corrected chi connectivity index (χ0v) is 18.5. The fraction of sp³-hybridized carbons (Fsp3) is 0.192. The van der Waals surface area contributed by atoms with Crippen LogP contribution in [0.15, 0.2) is 79.3 Å². The van der Waals surface area contributed by atoms with Gasteiger partial charge in [0.25, 0.3) is 5.91 Å². The Kier molecular flexibility index (Phi) is 6.31. The summed E-state index contributed by atoms with van der Waals surface area (Å²) in [5.41, 5.74) is 5.67. The van der Waals surface area contributed by atoms with Crippen molar-refractivity contribution in [2.45, 2.75) is 6.54 Å². The topological polar surface area (TPSA) is 70.6 Å². The van der Waals surface area contributed by atoms with Gasteiger partial charge in [-0.25, -0.2) is 9.87 Å². The fourth-order valence-electron chi connectivity index (χ4n) is 4.02. The molecule has 1 aliphatic heterocycles. The number of anilines is 1. The normalized spacial score (nSPS) is 14.2. The number of benzene rings is 2. The maximum absolute atomic E-state index is 13.9. The first-order valence-corrected chi connectivity index (χ1v) is 11.1. The minimum absolute atomic E-state index is 0.0135. The molecule has 1 N–H and O–H groups in total. The highest BCUT2D eigenvalue weighted by Gasteiger charge is 2.22. The second kappa shape index (κ2) is 9.84. The molecule has 5 rings (SSSR count). The van der Waals surface area contributed by atoms with Crippen LogP contribution >= 0.6 is 0 Å². The smallest absolute Gasteiger partial charge is 0.253 e. The number of rotatable bonds is 6.